The zero-order chi connectivity index (χ0) is 8.20. The quantitative estimate of drug-likeness (QED) is 0.799. The molecule has 0 saturated carbocycles. The van der Waals surface area contributed by atoms with Gasteiger partial charge in [0.1, 0.15) is 4.32 Å². The number of halogens is 2. The van der Waals surface area contributed by atoms with Gasteiger partial charge in [-0.15, -0.1) is 0 Å². The molecule has 1 N–H and O–H groups in total. The minimum atomic E-state index is -0.800. The fourth-order valence-electron chi connectivity index (χ4n) is 0.627. The number of carboxylic acids is 1. The van der Waals surface area contributed by atoms with Crippen LogP contribution in [0.1, 0.15) is 19.8 Å². The number of aliphatic carboxylic acids is 1. The molecular weight excluding hydrogens is 264 g/mol. The molecule has 0 saturated heterocycles. The highest BCUT2D eigenvalue weighted by atomic mass is 79.9. The summed E-state index contributed by atoms with van der Waals surface area (Å²) in [5.41, 5.74) is 0. The molecule has 0 aromatic heterocycles. The van der Waals surface area contributed by atoms with E-state index in [0.29, 0.717) is 11.8 Å². The maximum atomic E-state index is 10.6. The lowest BCUT2D eigenvalue weighted by atomic mass is 10.1. The largest absolute Gasteiger partial charge is 0.480 e. The molecule has 4 heteroatoms. The molecule has 0 rings (SSSR count). The summed E-state index contributed by atoms with van der Waals surface area (Å²) < 4.78 is -0.762. The molecule has 0 amide bonds. The van der Waals surface area contributed by atoms with Gasteiger partial charge < -0.3 is 5.11 Å². The summed E-state index contributed by atoms with van der Waals surface area (Å²) in [6, 6.07) is 0. The Labute approximate surface area is 77.3 Å². The average Bonchev–Trinajstić information content (AvgIpc) is 1.88. The number of carboxylic acid groups (broad SMARTS) is 1. The predicted octanol–water partition coefficient (Wildman–Crippen LogP) is 2.40. The van der Waals surface area contributed by atoms with Gasteiger partial charge in [0.2, 0.25) is 0 Å². The summed E-state index contributed by atoms with van der Waals surface area (Å²) in [6.45, 7) is 1.96. The number of carbonyl (C=O) groups is 1. The number of alkyl halides is 2. The molecule has 0 aliphatic carbocycles. The molecule has 0 aliphatic heterocycles. The van der Waals surface area contributed by atoms with E-state index in [2.05, 4.69) is 31.9 Å². The lowest BCUT2D eigenvalue weighted by Crippen LogP contribution is -2.33. The Morgan fingerprint density at radius 3 is 2.30 bits per heavy atom. The molecule has 10 heavy (non-hydrogen) atoms. The molecule has 0 aromatic rings. The third kappa shape index (κ3) is 2.58. The molecule has 0 radical (unpaired) electrons. The van der Waals surface area contributed by atoms with E-state index in [9.17, 15) is 4.79 Å². The van der Waals surface area contributed by atoms with Crippen molar-refractivity contribution in [1.29, 1.82) is 0 Å². The van der Waals surface area contributed by atoms with Gasteiger partial charge in [0.05, 0.1) is 0 Å². The monoisotopic (exact) mass is 272 g/mol. The van der Waals surface area contributed by atoms with E-state index >= 15 is 0 Å². The van der Waals surface area contributed by atoms with Crippen LogP contribution in [-0.2, 0) is 4.79 Å². The molecule has 0 aliphatic rings. The Kier molecular flexibility index (Phi) is 4.52. The van der Waals surface area contributed by atoms with Crippen LogP contribution < -0.4 is 0 Å². The Hall–Kier alpha value is 0.430. The minimum absolute atomic E-state index is 0.448. The number of rotatable bonds is 4. The van der Waals surface area contributed by atoms with Crippen molar-refractivity contribution in [3.8, 4) is 0 Å². The number of hydrogen-bond donors (Lipinski definition) is 1. The maximum Gasteiger partial charge on any atom is 0.321 e. The van der Waals surface area contributed by atoms with Crippen LogP contribution in [0.3, 0.4) is 0 Å². The van der Waals surface area contributed by atoms with Crippen LogP contribution in [0.2, 0.25) is 0 Å². The maximum absolute atomic E-state index is 10.6. The van der Waals surface area contributed by atoms with Crippen molar-refractivity contribution in [1.82, 2.24) is 0 Å². The van der Waals surface area contributed by atoms with Gasteiger partial charge in [-0.3, -0.25) is 4.79 Å². The Balaban J connectivity index is 4.08. The third-order valence-electron chi connectivity index (χ3n) is 1.24. The van der Waals surface area contributed by atoms with E-state index in [1.54, 1.807) is 0 Å². The highest BCUT2D eigenvalue weighted by Crippen LogP contribution is 2.26. The van der Waals surface area contributed by atoms with Crippen LogP contribution in [0.25, 0.3) is 0 Å². The highest BCUT2D eigenvalue weighted by molar-refractivity contribution is 9.12. The zero-order valence-corrected chi connectivity index (χ0v) is 8.90. The molecule has 60 valence electrons. The van der Waals surface area contributed by atoms with Crippen LogP contribution in [0, 0.1) is 0 Å². The standard InChI is InChI=1S/C6H10Br2O2/c1-2-3-6(8,4-7)5(9)10/h2-4H2,1H3,(H,9,10). The zero-order valence-electron chi connectivity index (χ0n) is 5.73. The van der Waals surface area contributed by atoms with Crippen molar-refractivity contribution in [2.24, 2.45) is 0 Å². The normalized spacial score (nSPS) is 16.3. The van der Waals surface area contributed by atoms with Gasteiger partial charge in [-0.25, -0.2) is 0 Å². The number of hydrogen-bond acceptors (Lipinski definition) is 1. The second kappa shape index (κ2) is 4.34. The van der Waals surface area contributed by atoms with Crippen molar-refractivity contribution in [3.63, 3.8) is 0 Å². The van der Waals surface area contributed by atoms with E-state index in [4.69, 9.17) is 5.11 Å². The average molecular weight is 274 g/mol. The van der Waals surface area contributed by atoms with Crippen molar-refractivity contribution >= 4 is 37.8 Å². The summed E-state index contributed by atoms with van der Waals surface area (Å²) >= 11 is 6.31. The second-order valence-electron chi connectivity index (χ2n) is 2.15. The summed E-state index contributed by atoms with van der Waals surface area (Å²) in [5, 5.41) is 9.13. The molecule has 0 heterocycles. The van der Waals surface area contributed by atoms with E-state index in [1.807, 2.05) is 6.92 Å². The van der Waals surface area contributed by atoms with Crippen molar-refractivity contribution < 1.29 is 9.90 Å². The first-order valence-corrected chi connectivity index (χ1v) is 4.96. The molecule has 0 aromatic carbocycles. The van der Waals surface area contributed by atoms with Crippen LogP contribution >= 0.6 is 31.9 Å². The fraction of sp³-hybridized carbons (Fsp3) is 0.833. The smallest absolute Gasteiger partial charge is 0.321 e. The van der Waals surface area contributed by atoms with Crippen molar-refractivity contribution in [3.05, 3.63) is 0 Å². The molecular formula is C6H10Br2O2. The van der Waals surface area contributed by atoms with Gasteiger partial charge in [0.15, 0.2) is 0 Å². The lowest BCUT2D eigenvalue weighted by molar-refractivity contribution is -0.139. The summed E-state index contributed by atoms with van der Waals surface area (Å²) in [4.78, 5) is 10.6. The molecule has 1 atom stereocenters. The first kappa shape index (κ1) is 10.4. The van der Waals surface area contributed by atoms with Gasteiger partial charge in [-0.05, 0) is 6.42 Å². The summed E-state index contributed by atoms with van der Waals surface area (Å²) in [6.07, 6.45) is 1.51. The first-order valence-electron chi connectivity index (χ1n) is 3.05. The Bertz CT molecular complexity index is 127. The van der Waals surface area contributed by atoms with E-state index in [-0.39, 0.29) is 0 Å². The van der Waals surface area contributed by atoms with Crippen molar-refractivity contribution in [2.75, 3.05) is 5.33 Å². The fourth-order valence-corrected chi connectivity index (χ4v) is 1.54. The molecule has 0 spiro atoms. The topological polar surface area (TPSA) is 37.3 Å². The van der Waals surface area contributed by atoms with Crippen LogP contribution in [-0.4, -0.2) is 20.7 Å². The first-order chi connectivity index (χ1) is 4.56. The van der Waals surface area contributed by atoms with Crippen molar-refractivity contribution in [2.45, 2.75) is 24.1 Å². The molecule has 1 unspecified atom stereocenters. The Morgan fingerprint density at radius 2 is 2.20 bits per heavy atom. The molecule has 2 nitrogen and oxygen atoms in total. The predicted molar refractivity (Wildman–Crippen MR) is 48.0 cm³/mol. The van der Waals surface area contributed by atoms with E-state index < -0.39 is 10.3 Å². The van der Waals surface area contributed by atoms with E-state index in [1.165, 1.54) is 0 Å². The Morgan fingerprint density at radius 1 is 1.70 bits per heavy atom. The van der Waals surface area contributed by atoms with Crippen LogP contribution in [0.5, 0.6) is 0 Å². The van der Waals surface area contributed by atoms with Crippen LogP contribution in [0.4, 0.5) is 0 Å². The SMILES string of the molecule is CCCC(Br)(CBr)C(=O)O. The summed E-state index contributed by atoms with van der Waals surface area (Å²) in [5.74, 6) is -0.800. The summed E-state index contributed by atoms with van der Waals surface area (Å²) in [7, 11) is 0. The third-order valence-corrected chi connectivity index (χ3v) is 3.97. The van der Waals surface area contributed by atoms with Gasteiger partial charge in [0.25, 0.3) is 0 Å². The van der Waals surface area contributed by atoms with E-state index in [0.717, 1.165) is 6.42 Å². The second-order valence-corrected chi connectivity index (χ2v) is 4.23. The van der Waals surface area contributed by atoms with Gasteiger partial charge in [0, 0.05) is 5.33 Å². The van der Waals surface area contributed by atoms with Crippen LogP contribution in [0.15, 0.2) is 0 Å². The van der Waals surface area contributed by atoms with Gasteiger partial charge >= 0.3 is 5.97 Å². The van der Waals surface area contributed by atoms with Gasteiger partial charge in [-0.1, -0.05) is 45.2 Å². The molecule has 0 fully saturated rings. The van der Waals surface area contributed by atoms with Gasteiger partial charge in [-0.2, -0.15) is 0 Å². The highest BCUT2D eigenvalue weighted by Gasteiger charge is 2.32. The minimum Gasteiger partial charge on any atom is -0.480 e. The molecule has 0 bridgehead atoms. The lowest BCUT2D eigenvalue weighted by Gasteiger charge is -2.18.